The molecule has 0 N–H and O–H groups in total. The summed E-state index contributed by atoms with van der Waals surface area (Å²) >= 11 is 4.56. The third-order valence-electron chi connectivity index (χ3n) is 7.94. The summed E-state index contributed by atoms with van der Waals surface area (Å²) in [7, 11) is 0. The number of thiol groups is 1. The van der Waals surface area contributed by atoms with E-state index < -0.39 is 0 Å². The summed E-state index contributed by atoms with van der Waals surface area (Å²) in [6.07, 6.45) is 14.5. The first-order valence-electron chi connectivity index (χ1n) is 9.90. The van der Waals surface area contributed by atoms with Crippen molar-refractivity contribution in [2.75, 3.05) is 5.75 Å². The summed E-state index contributed by atoms with van der Waals surface area (Å²) in [4.78, 5) is 0. The maximum atomic E-state index is 4.56. The van der Waals surface area contributed by atoms with E-state index in [1.165, 1.54) is 64.2 Å². The predicted octanol–water partition coefficient (Wildman–Crippen LogP) is 6.67. The normalized spacial score (nSPS) is 40.1. The fraction of sp³-hybridized carbons (Fsp3) is 0.905. The van der Waals surface area contributed by atoms with Crippen molar-refractivity contribution in [2.24, 2.45) is 29.1 Å². The highest BCUT2D eigenvalue weighted by atomic mass is 32.1. The van der Waals surface area contributed by atoms with Crippen LogP contribution in [0.5, 0.6) is 0 Å². The van der Waals surface area contributed by atoms with E-state index >= 15 is 0 Å². The lowest BCUT2D eigenvalue weighted by molar-refractivity contribution is 0.126. The third-order valence-corrected chi connectivity index (χ3v) is 8.20. The van der Waals surface area contributed by atoms with Crippen LogP contribution in [0.3, 0.4) is 0 Å². The summed E-state index contributed by atoms with van der Waals surface area (Å²) < 4.78 is 0. The Morgan fingerprint density at radius 3 is 2.45 bits per heavy atom. The molecule has 0 radical (unpaired) electrons. The number of hydrogen-bond acceptors (Lipinski definition) is 1. The van der Waals surface area contributed by atoms with Crippen LogP contribution in [-0.4, -0.2) is 5.75 Å². The standard InChI is InChI=1S/C21H36S/c1-4-21(19-7-5-6-8-19)14-20-17(11-12-22)9-10-18(20)13-15(2)16(21)3/h17-20,22H,4-14H2,1-3H3. The van der Waals surface area contributed by atoms with Gasteiger partial charge in [0, 0.05) is 0 Å². The zero-order chi connectivity index (χ0) is 15.7. The highest BCUT2D eigenvalue weighted by molar-refractivity contribution is 7.80. The molecule has 126 valence electrons. The number of fused-ring (bicyclic) bond motifs is 1. The molecule has 3 aliphatic carbocycles. The second-order valence-electron chi connectivity index (χ2n) is 8.58. The van der Waals surface area contributed by atoms with Gasteiger partial charge in [0.05, 0.1) is 0 Å². The molecule has 0 aromatic carbocycles. The van der Waals surface area contributed by atoms with Crippen LogP contribution in [0.1, 0.15) is 85.0 Å². The van der Waals surface area contributed by atoms with Crippen LogP contribution in [0.25, 0.3) is 0 Å². The molecular formula is C21H36S. The van der Waals surface area contributed by atoms with Gasteiger partial charge in [-0.15, -0.1) is 0 Å². The molecular weight excluding hydrogens is 284 g/mol. The second kappa shape index (κ2) is 6.91. The molecule has 4 atom stereocenters. The van der Waals surface area contributed by atoms with Gasteiger partial charge in [0.15, 0.2) is 0 Å². The van der Waals surface area contributed by atoms with E-state index in [0.717, 1.165) is 29.4 Å². The molecule has 0 spiro atoms. The van der Waals surface area contributed by atoms with E-state index in [2.05, 4.69) is 33.4 Å². The van der Waals surface area contributed by atoms with E-state index in [4.69, 9.17) is 0 Å². The zero-order valence-corrected chi connectivity index (χ0v) is 15.9. The predicted molar refractivity (Wildman–Crippen MR) is 100 cm³/mol. The van der Waals surface area contributed by atoms with Gasteiger partial charge in [-0.25, -0.2) is 0 Å². The maximum Gasteiger partial charge on any atom is -0.00598 e. The third kappa shape index (κ3) is 2.80. The van der Waals surface area contributed by atoms with Crippen molar-refractivity contribution in [3.05, 3.63) is 11.1 Å². The minimum atomic E-state index is 0.541. The summed E-state index contributed by atoms with van der Waals surface area (Å²) in [5.41, 5.74) is 4.10. The maximum absolute atomic E-state index is 4.56. The highest BCUT2D eigenvalue weighted by Crippen LogP contribution is 2.59. The zero-order valence-electron chi connectivity index (χ0n) is 15.0. The van der Waals surface area contributed by atoms with Crippen LogP contribution in [0.15, 0.2) is 11.1 Å². The van der Waals surface area contributed by atoms with Crippen LogP contribution in [0.4, 0.5) is 0 Å². The molecule has 3 rings (SSSR count). The Bertz CT molecular complexity index is 418. The van der Waals surface area contributed by atoms with Crippen molar-refractivity contribution in [3.63, 3.8) is 0 Å². The van der Waals surface area contributed by atoms with Crippen molar-refractivity contribution >= 4 is 12.6 Å². The molecule has 0 saturated heterocycles. The Labute approximate surface area is 143 Å². The Balaban J connectivity index is 1.94. The van der Waals surface area contributed by atoms with Crippen LogP contribution in [0, 0.1) is 29.1 Å². The fourth-order valence-electron chi connectivity index (χ4n) is 6.55. The highest BCUT2D eigenvalue weighted by Gasteiger charge is 2.48. The summed E-state index contributed by atoms with van der Waals surface area (Å²) in [5.74, 6) is 4.99. The molecule has 0 aliphatic heterocycles. The van der Waals surface area contributed by atoms with Gasteiger partial charge >= 0.3 is 0 Å². The average molecular weight is 321 g/mol. The van der Waals surface area contributed by atoms with Gasteiger partial charge in [-0.2, -0.15) is 12.6 Å². The number of allylic oxidation sites excluding steroid dienone is 2. The van der Waals surface area contributed by atoms with Crippen LogP contribution >= 0.6 is 12.6 Å². The van der Waals surface area contributed by atoms with E-state index in [0.29, 0.717) is 5.41 Å². The van der Waals surface area contributed by atoms with E-state index in [1.807, 2.05) is 0 Å². The minimum Gasteiger partial charge on any atom is -0.179 e. The molecule has 1 heteroatoms. The average Bonchev–Trinajstić information content (AvgIpc) is 3.14. The van der Waals surface area contributed by atoms with E-state index in [-0.39, 0.29) is 0 Å². The lowest BCUT2D eigenvalue weighted by atomic mass is 9.62. The molecule has 4 unspecified atom stereocenters. The first kappa shape index (κ1) is 16.9. The summed E-state index contributed by atoms with van der Waals surface area (Å²) in [5, 5.41) is 0. The molecule has 2 saturated carbocycles. The molecule has 0 amide bonds. The van der Waals surface area contributed by atoms with Gasteiger partial charge in [-0.05, 0) is 100 Å². The molecule has 0 bridgehead atoms. The topological polar surface area (TPSA) is 0 Å². The monoisotopic (exact) mass is 320 g/mol. The smallest absolute Gasteiger partial charge is 0.00598 e. The van der Waals surface area contributed by atoms with Gasteiger partial charge in [-0.3, -0.25) is 0 Å². The van der Waals surface area contributed by atoms with Gasteiger partial charge in [0.1, 0.15) is 0 Å². The van der Waals surface area contributed by atoms with Crippen LogP contribution < -0.4 is 0 Å². The Hall–Kier alpha value is 0.0900. The lowest BCUT2D eigenvalue weighted by Gasteiger charge is -2.43. The van der Waals surface area contributed by atoms with Crippen LogP contribution in [-0.2, 0) is 0 Å². The van der Waals surface area contributed by atoms with Gasteiger partial charge in [0.25, 0.3) is 0 Å². The van der Waals surface area contributed by atoms with Gasteiger partial charge in [0.2, 0.25) is 0 Å². The molecule has 0 aromatic heterocycles. The van der Waals surface area contributed by atoms with E-state index in [9.17, 15) is 0 Å². The van der Waals surface area contributed by atoms with Crippen molar-refractivity contribution in [2.45, 2.75) is 85.0 Å². The number of hydrogen-bond donors (Lipinski definition) is 1. The summed E-state index contributed by atoms with van der Waals surface area (Å²) in [6.45, 7) is 7.45. The molecule has 22 heavy (non-hydrogen) atoms. The van der Waals surface area contributed by atoms with E-state index in [1.54, 1.807) is 11.1 Å². The van der Waals surface area contributed by atoms with Crippen molar-refractivity contribution < 1.29 is 0 Å². The molecule has 0 heterocycles. The first-order valence-corrected chi connectivity index (χ1v) is 10.5. The van der Waals surface area contributed by atoms with Crippen molar-refractivity contribution in [1.29, 1.82) is 0 Å². The number of rotatable bonds is 4. The molecule has 2 fully saturated rings. The second-order valence-corrected chi connectivity index (χ2v) is 9.03. The molecule has 0 aromatic rings. The SMILES string of the molecule is CCC1(C2CCCC2)CC2C(CCS)CCC2CC(C)=C1C. The Morgan fingerprint density at radius 2 is 1.82 bits per heavy atom. The van der Waals surface area contributed by atoms with Gasteiger partial charge < -0.3 is 0 Å². The lowest BCUT2D eigenvalue weighted by Crippen LogP contribution is -2.34. The van der Waals surface area contributed by atoms with Gasteiger partial charge in [-0.1, -0.05) is 30.9 Å². The Morgan fingerprint density at radius 1 is 1.09 bits per heavy atom. The first-order chi connectivity index (χ1) is 10.6. The summed E-state index contributed by atoms with van der Waals surface area (Å²) in [6, 6.07) is 0. The fourth-order valence-corrected chi connectivity index (χ4v) is 6.88. The Kier molecular flexibility index (Phi) is 5.32. The molecule has 3 aliphatic rings. The van der Waals surface area contributed by atoms with Crippen molar-refractivity contribution in [1.82, 2.24) is 0 Å². The molecule has 0 nitrogen and oxygen atoms in total. The van der Waals surface area contributed by atoms with Crippen molar-refractivity contribution in [3.8, 4) is 0 Å². The minimum absolute atomic E-state index is 0.541. The largest absolute Gasteiger partial charge is 0.179 e. The quantitative estimate of drug-likeness (QED) is 0.434. The van der Waals surface area contributed by atoms with Crippen LogP contribution in [0.2, 0.25) is 0 Å².